The van der Waals surface area contributed by atoms with Crippen LogP contribution >= 0.6 is 0 Å². The van der Waals surface area contributed by atoms with Gasteiger partial charge in [0.1, 0.15) is 5.78 Å². The molecule has 0 aromatic carbocycles. The second-order valence-corrected chi connectivity index (χ2v) is 15.2. The highest BCUT2D eigenvalue weighted by Gasteiger charge is 2.72. The molecule has 0 amide bonds. The van der Waals surface area contributed by atoms with E-state index in [4.69, 9.17) is 9.47 Å². The van der Waals surface area contributed by atoms with E-state index in [0.29, 0.717) is 19.3 Å². The number of Topliss-reactive ketones (excluding diaryl/α,β-unsaturated/α-hetero) is 1. The highest BCUT2D eigenvalue weighted by Crippen LogP contribution is 2.74. The molecule has 4 aliphatic rings. The molecule has 4 fully saturated rings. The van der Waals surface area contributed by atoms with Crippen molar-refractivity contribution in [2.75, 3.05) is 7.11 Å². The summed E-state index contributed by atoms with van der Waals surface area (Å²) in [5.74, 6) is -0.559. The summed E-state index contributed by atoms with van der Waals surface area (Å²) in [6.45, 7) is 16.7. The molecule has 0 aromatic heterocycles. The largest absolute Gasteiger partial charge is 0.469 e. The molecule has 9 atom stereocenters. The Bertz CT molecular complexity index is 921. The van der Waals surface area contributed by atoms with E-state index in [1.807, 2.05) is 0 Å². The minimum Gasteiger partial charge on any atom is -0.469 e. The predicted molar refractivity (Wildman–Crippen MR) is 143 cm³/mol. The van der Waals surface area contributed by atoms with Crippen LogP contribution in [0.3, 0.4) is 0 Å². The molecule has 6 nitrogen and oxygen atoms in total. The van der Waals surface area contributed by atoms with Crippen LogP contribution in [0.5, 0.6) is 0 Å². The summed E-state index contributed by atoms with van der Waals surface area (Å²) in [7, 11) is 1.39. The first-order chi connectivity index (χ1) is 16.8. The van der Waals surface area contributed by atoms with Crippen molar-refractivity contribution in [1.82, 2.24) is 0 Å². The Kier molecular flexibility index (Phi) is 7.08. The lowest BCUT2D eigenvalue weighted by atomic mass is 9.37. The molecular formula is C31H52O6. The molecule has 0 bridgehead atoms. The maximum Gasteiger partial charge on any atom is 0.305 e. The van der Waals surface area contributed by atoms with E-state index in [1.165, 1.54) is 7.11 Å². The number of methoxy groups -OCH3 is 1. The Morgan fingerprint density at radius 3 is 2.30 bits per heavy atom. The number of fused-ring (bicyclic) bond motifs is 3. The summed E-state index contributed by atoms with van der Waals surface area (Å²) in [6, 6.07) is 0. The molecule has 37 heavy (non-hydrogen) atoms. The molecule has 3 aliphatic carbocycles. The molecule has 0 radical (unpaired) electrons. The molecule has 0 aromatic rings. The zero-order valence-corrected chi connectivity index (χ0v) is 24.8. The zero-order chi connectivity index (χ0) is 27.8. The van der Waals surface area contributed by atoms with E-state index in [0.717, 1.165) is 32.1 Å². The number of ether oxygens (including phenoxy) is 2. The van der Waals surface area contributed by atoms with E-state index in [1.54, 1.807) is 13.8 Å². The highest BCUT2D eigenvalue weighted by atomic mass is 16.5. The summed E-state index contributed by atoms with van der Waals surface area (Å²) < 4.78 is 11.8. The van der Waals surface area contributed by atoms with Crippen molar-refractivity contribution in [2.24, 2.45) is 39.9 Å². The molecular weight excluding hydrogens is 468 g/mol. The van der Waals surface area contributed by atoms with Gasteiger partial charge in [-0.1, -0.05) is 20.8 Å². The molecule has 1 heterocycles. The van der Waals surface area contributed by atoms with Gasteiger partial charge in [-0.05, 0) is 114 Å². The number of hydrogen-bond acceptors (Lipinski definition) is 6. The highest BCUT2D eigenvalue weighted by molar-refractivity contribution is 5.85. The van der Waals surface area contributed by atoms with Crippen molar-refractivity contribution in [3.63, 3.8) is 0 Å². The topological polar surface area (TPSA) is 93.1 Å². The number of carbonyl (C=O) groups is 2. The van der Waals surface area contributed by atoms with E-state index in [-0.39, 0.29) is 58.0 Å². The van der Waals surface area contributed by atoms with E-state index in [9.17, 15) is 19.8 Å². The van der Waals surface area contributed by atoms with Crippen molar-refractivity contribution < 1.29 is 29.3 Å². The maximum atomic E-state index is 14.0. The Morgan fingerprint density at radius 2 is 1.73 bits per heavy atom. The molecule has 2 N–H and O–H groups in total. The normalized spacial score (nSPS) is 47.8. The van der Waals surface area contributed by atoms with Gasteiger partial charge in [-0.25, -0.2) is 0 Å². The standard InChI is InChI=1S/C31H52O6/c1-26(2)13-10-14-31(8,37-26)19-11-16-29(6)24(19)20(32)17-22-28(5,15-12-23(34)36-9)25(27(3,4)35)21(33)18-30(22,29)7/h19-20,22,24-25,32,35H,10-18H2,1-9H3/t19-,20+,22+,24-,25-,28+,29+,30+,31+/m0/s1. The van der Waals surface area contributed by atoms with Crippen molar-refractivity contribution in [3.05, 3.63) is 0 Å². The second-order valence-electron chi connectivity index (χ2n) is 15.2. The van der Waals surface area contributed by atoms with E-state index < -0.39 is 23.0 Å². The third-order valence-electron chi connectivity index (χ3n) is 12.0. The lowest BCUT2D eigenvalue weighted by molar-refractivity contribution is -0.243. The van der Waals surface area contributed by atoms with Crippen LogP contribution in [0.15, 0.2) is 0 Å². The molecule has 0 spiro atoms. The Labute approximate surface area is 224 Å². The lowest BCUT2D eigenvalue weighted by Gasteiger charge is -2.68. The zero-order valence-electron chi connectivity index (χ0n) is 24.8. The number of hydrogen-bond donors (Lipinski definition) is 2. The number of carbonyl (C=O) groups excluding carboxylic acids is 2. The molecule has 6 heteroatoms. The van der Waals surface area contributed by atoms with Gasteiger partial charge in [-0.2, -0.15) is 0 Å². The van der Waals surface area contributed by atoms with Gasteiger partial charge in [0, 0.05) is 12.8 Å². The van der Waals surface area contributed by atoms with Crippen molar-refractivity contribution in [2.45, 2.75) is 136 Å². The molecule has 1 aliphatic heterocycles. The van der Waals surface area contributed by atoms with Gasteiger partial charge in [0.05, 0.1) is 35.9 Å². The third kappa shape index (κ3) is 4.41. The molecule has 212 valence electrons. The first kappa shape index (κ1) is 29.0. The minimum absolute atomic E-state index is 0.00898. The van der Waals surface area contributed by atoms with Gasteiger partial charge >= 0.3 is 5.97 Å². The fraction of sp³-hybridized carbons (Fsp3) is 0.935. The van der Waals surface area contributed by atoms with Gasteiger partial charge in [0.25, 0.3) is 0 Å². The average Bonchev–Trinajstić information content (AvgIpc) is 3.13. The second kappa shape index (κ2) is 9.02. The molecule has 4 rings (SSSR count). The summed E-state index contributed by atoms with van der Waals surface area (Å²) in [6.07, 6.45) is 6.19. The summed E-state index contributed by atoms with van der Waals surface area (Å²) >= 11 is 0. The molecule has 1 saturated heterocycles. The number of ketones is 1. The SMILES string of the molecule is COC(=O)CC[C@]1(C)[C@H]2C[C@@H](O)[C@@H]3[C@@H]([C@@]4(C)CCCC(C)(C)O4)CC[C@@]3(C)[C@]2(C)CC(=O)[C@H]1C(C)(C)O. The van der Waals surface area contributed by atoms with Crippen LogP contribution in [-0.2, 0) is 19.1 Å². The number of aliphatic hydroxyl groups is 2. The Morgan fingerprint density at radius 1 is 1.08 bits per heavy atom. The van der Waals surface area contributed by atoms with Gasteiger partial charge in [0.2, 0.25) is 0 Å². The Hall–Kier alpha value is -0.980. The van der Waals surface area contributed by atoms with Crippen molar-refractivity contribution in [3.8, 4) is 0 Å². The van der Waals surface area contributed by atoms with E-state index in [2.05, 4.69) is 41.5 Å². The number of rotatable bonds is 5. The van der Waals surface area contributed by atoms with Crippen molar-refractivity contribution >= 4 is 11.8 Å². The third-order valence-corrected chi connectivity index (χ3v) is 12.0. The summed E-state index contributed by atoms with van der Waals surface area (Å²) in [5.41, 5.74) is -2.94. The van der Waals surface area contributed by atoms with Crippen LogP contribution in [0, 0.1) is 39.9 Å². The van der Waals surface area contributed by atoms with Crippen LogP contribution in [-0.4, -0.2) is 52.0 Å². The lowest BCUT2D eigenvalue weighted by Crippen LogP contribution is -2.68. The molecule has 3 saturated carbocycles. The van der Waals surface area contributed by atoms with Crippen LogP contribution in [0.2, 0.25) is 0 Å². The fourth-order valence-electron chi connectivity index (χ4n) is 10.5. The van der Waals surface area contributed by atoms with Crippen LogP contribution in [0.1, 0.15) is 113 Å². The maximum absolute atomic E-state index is 14.0. The van der Waals surface area contributed by atoms with Gasteiger partial charge in [-0.15, -0.1) is 0 Å². The van der Waals surface area contributed by atoms with Gasteiger partial charge < -0.3 is 19.7 Å². The van der Waals surface area contributed by atoms with Crippen LogP contribution in [0.4, 0.5) is 0 Å². The van der Waals surface area contributed by atoms with Crippen LogP contribution < -0.4 is 0 Å². The van der Waals surface area contributed by atoms with Crippen LogP contribution in [0.25, 0.3) is 0 Å². The van der Waals surface area contributed by atoms with Crippen molar-refractivity contribution in [1.29, 1.82) is 0 Å². The smallest absolute Gasteiger partial charge is 0.305 e. The first-order valence-electron chi connectivity index (χ1n) is 14.5. The number of aliphatic hydroxyl groups excluding tert-OH is 1. The summed E-state index contributed by atoms with van der Waals surface area (Å²) in [5, 5.41) is 23.2. The number of esters is 1. The Balaban J connectivity index is 1.77. The first-order valence-corrected chi connectivity index (χ1v) is 14.5. The van der Waals surface area contributed by atoms with E-state index >= 15 is 0 Å². The fourth-order valence-corrected chi connectivity index (χ4v) is 10.5. The quantitative estimate of drug-likeness (QED) is 0.468. The predicted octanol–water partition coefficient (Wildman–Crippen LogP) is 5.46. The monoisotopic (exact) mass is 520 g/mol. The summed E-state index contributed by atoms with van der Waals surface area (Å²) in [4.78, 5) is 26.3. The average molecular weight is 521 g/mol. The van der Waals surface area contributed by atoms with Gasteiger partial charge in [-0.3, -0.25) is 9.59 Å². The van der Waals surface area contributed by atoms with Gasteiger partial charge in [0.15, 0.2) is 0 Å². The minimum atomic E-state index is -1.22. The molecule has 0 unspecified atom stereocenters.